The van der Waals surface area contributed by atoms with Crippen LogP contribution in [0.2, 0.25) is 0 Å². The van der Waals surface area contributed by atoms with Crippen LogP contribution >= 0.6 is 11.8 Å². The SMILES string of the molecule is CCOC(=O)C1=C(O)C(=Cc2cc(C)n(-c3ccccc3)c2C)SC1=Nc1ccc(OCC)cc1. The molecule has 0 aliphatic carbocycles. The van der Waals surface area contributed by atoms with Crippen molar-refractivity contribution in [3.8, 4) is 11.4 Å². The normalized spacial score (nSPS) is 15.8. The molecule has 6 nitrogen and oxygen atoms in total. The second-order valence-corrected chi connectivity index (χ2v) is 8.93. The first-order chi connectivity index (χ1) is 16.9. The van der Waals surface area contributed by atoms with Gasteiger partial charge in [0.15, 0.2) is 0 Å². The molecule has 0 unspecified atom stereocenters. The molecular formula is C28H28N2O4S. The molecule has 0 radical (unpaired) electrons. The van der Waals surface area contributed by atoms with E-state index in [0.717, 1.165) is 28.4 Å². The maximum Gasteiger partial charge on any atom is 0.344 e. The Labute approximate surface area is 209 Å². The number of thioether (sulfide) groups is 1. The van der Waals surface area contributed by atoms with Crippen LogP contribution in [0.5, 0.6) is 5.75 Å². The Morgan fingerprint density at radius 2 is 1.77 bits per heavy atom. The smallest absolute Gasteiger partial charge is 0.344 e. The van der Waals surface area contributed by atoms with Crippen LogP contribution in [0, 0.1) is 13.8 Å². The van der Waals surface area contributed by atoms with Gasteiger partial charge in [0.25, 0.3) is 0 Å². The second kappa shape index (κ2) is 10.7. The summed E-state index contributed by atoms with van der Waals surface area (Å²) in [6.07, 6.45) is 1.89. The number of aryl methyl sites for hydroxylation is 1. The van der Waals surface area contributed by atoms with E-state index in [0.29, 0.717) is 22.2 Å². The molecule has 4 rings (SSSR count). The van der Waals surface area contributed by atoms with Crippen molar-refractivity contribution < 1.29 is 19.4 Å². The maximum absolute atomic E-state index is 12.7. The van der Waals surface area contributed by atoms with E-state index >= 15 is 0 Å². The van der Waals surface area contributed by atoms with Crippen molar-refractivity contribution in [1.82, 2.24) is 4.57 Å². The summed E-state index contributed by atoms with van der Waals surface area (Å²) in [5.41, 5.74) is 4.84. The van der Waals surface area contributed by atoms with E-state index in [2.05, 4.69) is 27.8 Å². The van der Waals surface area contributed by atoms with Crippen molar-refractivity contribution in [3.63, 3.8) is 0 Å². The van der Waals surface area contributed by atoms with E-state index in [9.17, 15) is 9.90 Å². The van der Waals surface area contributed by atoms with E-state index in [1.54, 1.807) is 6.92 Å². The lowest BCUT2D eigenvalue weighted by molar-refractivity contribution is -0.138. The van der Waals surface area contributed by atoms with Crippen LogP contribution in [0.25, 0.3) is 11.8 Å². The second-order valence-electron chi connectivity index (χ2n) is 7.90. The van der Waals surface area contributed by atoms with Gasteiger partial charge in [-0.15, -0.1) is 0 Å². The molecule has 1 aliphatic heterocycles. The molecule has 0 spiro atoms. The first-order valence-electron chi connectivity index (χ1n) is 11.5. The van der Waals surface area contributed by atoms with Crippen LogP contribution in [-0.2, 0) is 9.53 Å². The average Bonchev–Trinajstić information content (AvgIpc) is 3.30. The average molecular weight is 489 g/mol. The molecule has 0 fully saturated rings. The molecule has 1 N–H and O–H groups in total. The van der Waals surface area contributed by atoms with Crippen LogP contribution in [0.4, 0.5) is 5.69 Å². The Balaban J connectivity index is 1.73. The van der Waals surface area contributed by atoms with Crippen LogP contribution in [-0.4, -0.2) is 33.9 Å². The number of hydrogen-bond donors (Lipinski definition) is 1. The van der Waals surface area contributed by atoms with Gasteiger partial charge in [-0.25, -0.2) is 9.79 Å². The molecular weight excluding hydrogens is 460 g/mol. The molecule has 7 heteroatoms. The third-order valence-electron chi connectivity index (χ3n) is 5.52. The van der Waals surface area contributed by atoms with Gasteiger partial charge in [0.05, 0.1) is 23.8 Å². The van der Waals surface area contributed by atoms with Gasteiger partial charge in [-0.3, -0.25) is 0 Å². The lowest BCUT2D eigenvalue weighted by atomic mass is 10.2. The van der Waals surface area contributed by atoms with E-state index < -0.39 is 5.97 Å². The van der Waals surface area contributed by atoms with Gasteiger partial charge < -0.3 is 19.1 Å². The number of rotatable bonds is 7. The third-order valence-corrected chi connectivity index (χ3v) is 6.54. The fourth-order valence-electron chi connectivity index (χ4n) is 3.94. The van der Waals surface area contributed by atoms with E-state index in [-0.39, 0.29) is 17.9 Å². The summed E-state index contributed by atoms with van der Waals surface area (Å²) < 4.78 is 12.9. The van der Waals surface area contributed by atoms with Crippen molar-refractivity contribution in [3.05, 3.63) is 93.9 Å². The van der Waals surface area contributed by atoms with Gasteiger partial charge in [0.1, 0.15) is 22.1 Å². The van der Waals surface area contributed by atoms with Crippen LogP contribution < -0.4 is 4.74 Å². The summed E-state index contributed by atoms with van der Waals surface area (Å²) in [4.78, 5) is 17.9. The Morgan fingerprint density at radius 3 is 2.43 bits per heavy atom. The Kier molecular flexibility index (Phi) is 7.46. The summed E-state index contributed by atoms with van der Waals surface area (Å²) in [6.45, 7) is 8.51. The molecule has 35 heavy (non-hydrogen) atoms. The summed E-state index contributed by atoms with van der Waals surface area (Å²) in [5.74, 6) is 0.0249. The number of aliphatic imine (C=N–C) groups is 1. The zero-order valence-corrected chi connectivity index (χ0v) is 21.1. The monoisotopic (exact) mass is 488 g/mol. The Hall–Kier alpha value is -3.71. The highest BCUT2D eigenvalue weighted by Gasteiger charge is 2.33. The maximum atomic E-state index is 12.7. The predicted molar refractivity (Wildman–Crippen MR) is 142 cm³/mol. The minimum absolute atomic E-state index is 0.0776. The van der Waals surface area contributed by atoms with Crippen LogP contribution in [0.3, 0.4) is 0 Å². The summed E-state index contributed by atoms with van der Waals surface area (Å²) in [6, 6.07) is 19.4. The first kappa shape index (κ1) is 24.4. The number of aliphatic hydroxyl groups excluding tert-OH is 1. The van der Waals surface area contributed by atoms with Crippen molar-refractivity contribution in [2.45, 2.75) is 27.7 Å². The molecule has 180 valence electrons. The molecule has 1 aromatic heterocycles. The third kappa shape index (κ3) is 5.20. The minimum atomic E-state index is -0.597. The van der Waals surface area contributed by atoms with Gasteiger partial charge in [-0.05, 0) is 81.8 Å². The number of esters is 1. The molecule has 0 saturated heterocycles. The number of hydrogen-bond acceptors (Lipinski definition) is 6. The lowest BCUT2D eigenvalue weighted by Crippen LogP contribution is -2.12. The highest BCUT2D eigenvalue weighted by molar-refractivity contribution is 8.18. The largest absolute Gasteiger partial charge is 0.506 e. The summed E-state index contributed by atoms with van der Waals surface area (Å²) in [5, 5.41) is 11.4. The van der Waals surface area contributed by atoms with Gasteiger partial charge in [0.2, 0.25) is 0 Å². The predicted octanol–water partition coefficient (Wildman–Crippen LogP) is 6.69. The zero-order chi connectivity index (χ0) is 24.9. The lowest BCUT2D eigenvalue weighted by Gasteiger charge is -2.09. The molecule has 0 bridgehead atoms. The molecule has 1 aliphatic rings. The van der Waals surface area contributed by atoms with E-state index in [4.69, 9.17) is 9.47 Å². The highest BCUT2D eigenvalue weighted by atomic mass is 32.2. The fourth-order valence-corrected chi connectivity index (χ4v) is 4.97. The first-order valence-corrected chi connectivity index (χ1v) is 12.3. The van der Waals surface area contributed by atoms with Crippen molar-refractivity contribution >= 4 is 34.5 Å². The molecule has 2 aromatic carbocycles. The molecule has 0 atom stereocenters. The van der Waals surface area contributed by atoms with E-state index in [1.165, 1.54) is 11.8 Å². The quantitative estimate of drug-likeness (QED) is 0.375. The number of aromatic nitrogens is 1. The summed E-state index contributed by atoms with van der Waals surface area (Å²) in [7, 11) is 0. The number of para-hydroxylation sites is 1. The number of nitrogens with zero attached hydrogens (tertiary/aromatic N) is 2. The number of aliphatic hydroxyl groups is 1. The van der Waals surface area contributed by atoms with E-state index in [1.807, 2.05) is 69.3 Å². The molecule has 2 heterocycles. The van der Waals surface area contributed by atoms with Crippen molar-refractivity contribution in [2.24, 2.45) is 4.99 Å². The van der Waals surface area contributed by atoms with Gasteiger partial charge in [-0.2, -0.15) is 0 Å². The summed E-state index contributed by atoms with van der Waals surface area (Å²) >= 11 is 1.25. The number of carbonyl (C=O) groups is 1. The van der Waals surface area contributed by atoms with Crippen LogP contribution in [0.15, 0.2) is 81.9 Å². The highest BCUT2D eigenvalue weighted by Crippen LogP contribution is 2.41. The van der Waals surface area contributed by atoms with Crippen molar-refractivity contribution in [2.75, 3.05) is 13.2 Å². The molecule has 0 amide bonds. The van der Waals surface area contributed by atoms with Gasteiger partial charge >= 0.3 is 5.97 Å². The topological polar surface area (TPSA) is 73.0 Å². The minimum Gasteiger partial charge on any atom is -0.506 e. The van der Waals surface area contributed by atoms with Gasteiger partial charge in [0, 0.05) is 17.1 Å². The molecule has 3 aromatic rings. The number of benzene rings is 2. The Bertz CT molecular complexity index is 1320. The van der Waals surface area contributed by atoms with Gasteiger partial charge in [-0.1, -0.05) is 30.0 Å². The van der Waals surface area contributed by atoms with Crippen LogP contribution in [0.1, 0.15) is 30.8 Å². The zero-order valence-electron chi connectivity index (χ0n) is 20.2. The fraction of sp³-hybridized carbons (Fsp3) is 0.214. The van der Waals surface area contributed by atoms with Crippen molar-refractivity contribution in [1.29, 1.82) is 0 Å². The number of carbonyl (C=O) groups excluding carboxylic acids is 1. The Morgan fingerprint density at radius 1 is 1.06 bits per heavy atom. The standard InChI is InChI=1S/C28H28N2O4S/c1-5-33-23-14-12-21(13-15-23)29-27-25(28(32)34-6-2)26(31)24(35-27)17-20-16-18(3)30(19(20)4)22-10-8-7-9-11-22/h7-17,31H,5-6H2,1-4H3. The molecule has 0 saturated carbocycles. The number of ether oxygens (including phenoxy) is 2.